The molecule has 122 valence electrons. The number of methoxy groups -OCH3 is 1. The molecule has 0 fully saturated rings. The molecule has 0 spiro atoms. The van der Waals surface area contributed by atoms with E-state index in [9.17, 15) is 14.4 Å². The summed E-state index contributed by atoms with van der Waals surface area (Å²) in [5, 5.41) is 9.55. The molecular formula is C16H19N3O4. The fraction of sp³-hybridized carbons (Fsp3) is 0.375. The van der Waals surface area contributed by atoms with Crippen molar-refractivity contribution >= 4 is 22.6 Å². The Kier molecular flexibility index (Phi) is 5.10. The summed E-state index contributed by atoms with van der Waals surface area (Å²) in [5.74, 6) is -0.853. The molecule has 1 aromatic heterocycles. The van der Waals surface area contributed by atoms with Crippen molar-refractivity contribution in [1.82, 2.24) is 15.5 Å². The number of amides is 1. The first-order valence-electron chi connectivity index (χ1n) is 7.30. The van der Waals surface area contributed by atoms with Crippen molar-refractivity contribution in [2.75, 3.05) is 7.11 Å². The zero-order valence-electron chi connectivity index (χ0n) is 13.3. The maximum atomic E-state index is 12.5. The molecular weight excluding hydrogens is 298 g/mol. The van der Waals surface area contributed by atoms with Crippen LogP contribution in [0.25, 0.3) is 10.8 Å². The predicted molar refractivity (Wildman–Crippen MR) is 85.1 cm³/mol. The number of esters is 1. The largest absolute Gasteiger partial charge is 0.467 e. The second-order valence-electron chi connectivity index (χ2n) is 5.63. The third kappa shape index (κ3) is 3.74. The predicted octanol–water partition coefficient (Wildman–Crippen LogP) is 1.24. The third-order valence-corrected chi connectivity index (χ3v) is 3.41. The lowest BCUT2D eigenvalue weighted by atomic mass is 10.0. The van der Waals surface area contributed by atoms with Crippen LogP contribution in [0.4, 0.5) is 0 Å². The summed E-state index contributed by atoms with van der Waals surface area (Å²) in [4.78, 5) is 36.0. The van der Waals surface area contributed by atoms with Crippen molar-refractivity contribution in [3.05, 3.63) is 40.3 Å². The van der Waals surface area contributed by atoms with E-state index in [2.05, 4.69) is 15.5 Å². The summed E-state index contributed by atoms with van der Waals surface area (Å²) >= 11 is 0. The average Bonchev–Trinajstić information content (AvgIpc) is 2.53. The van der Waals surface area contributed by atoms with Crippen molar-refractivity contribution in [2.24, 2.45) is 5.92 Å². The molecule has 0 bridgehead atoms. The monoisotopic (exact) mass is 317 g/mol. The number of nitrogens with one attached hydrogen (secondary N) is 2. The van der Waals surface area contributed by atoms with Gasteiger partial charge in [0.05, 0.1) is 12.5 Å². The van der Waals surface area contributed by atoms with Crippen LogP contribution in [-0.2, 0) is 9.53 Å². The number of hydrogen-bond donors (Lipinski definition) is 2. The van der Waals surface area contributed by atoms with Gasteiger partial charge in [-0.1, -0.05) is 32.0 Å². The Bertz CT molecular complexity index is 782. The maximum absolute atomic E-state index is 12.5. The minimum Gasteiger partial charge on any atom is -0.467 e. The summed E-state index contributed by atoms with van der Waals surface area (Å²) in [6.07, 6.45) is 0.444. The molecule has 0 saturated carbocycles. The molecule has 1 atom stereocenters. The Morgan fingerprint density at radius 2 is 1.91 bits per heavy atom. The second-order valence-corrected chi connectivity index (χ2v) is 5.63. The molecule has 0 aliphatic heterocycles. The molecule has 0 aliphatic carbocycles. The van der Waals surface area contributed by atoms with Gasteiger partial charge in [0, 0.05) is 5.39 Å². The number of carbonyl (C=O) groups excluding carboxylic acids is 2. The minimum atomic E-state index is -0.764. The maximum Gasteiger partial charge on any atom is 0.328 e. The summed E-state index contributed by atoms with van der Waals surface area (Å²) < 4.78 is 4.72. The van der Waals surface area contributed by atoms with E-state index in [1.54, 1.807) is 24.3 Å². The smallest absolute Gasteiger partial charge is 0.328 e. The summed E-state index contributed by atoms with van der Waals surface area (Å²) in [6.45, 7) is 3.88. The van der Waals surface area contributed by atoms with Crippen LogP contribution in [0, 0.1) is 5.92 Å². The molecule has 0 radical (unpaired) electrons. The molecule has 0 saturated heterocycles. The Labute approximate surface area is 133 Å². The molecule has 2 N–H and O–H groups in total. The molecule has 0 aliphatic rings. The van der Waals surface area contributed by atoms with Crippen LogP contribution in [0.1, 0.15) is 30.8 Å². The highest BCUT2D eigenvalue weighted by atomic mass is 16.5. The van der Waals surface area contributed by atoms with Crippen LogP contribution >= 0.6 is 0 Å². The molecule has 0 unspecified atom stereocenters. The normalized spacial score (nSPS) is 12.2. The number of hydrogen-bond acceptors (Lipinski definition) is 5. The quantitative estimate of drug-likeness (QED) is 0.808. The topological polar surface area (TPSA) is 101 Å². The molecule has 1 aromatic carbocycles. The van der Waals surface area contributed by atoms with Crippen LogP contribution in [0.5, 0.6) is 0 Å². The van der Waals surface area contributed by atoms with Crippen molar-refractivity contribution in [2.45, 2.75) is 26.3 Å². The van der Waals surface area contributed by atoms with Gasteiger partial charge in [-0.05, 0) is 18.4 Å². The van der Waals surface area contributed by atoms with Crippen LogP contribution in [-0.4, -0.2) is 35.2 Å². The number of ether oxygens (including phenoxy) is 1. The molecule has 23 heavy (non-hydrogen) atoms. The van der Waals surface area contributed by atoms with Gasteiger partial charge in [-0.15, -0.1) is 0 Å². The number of rotatable bonds is 5. The highest BCUT2D eigenvalue weighted by molar-refractivity contribution is 6.05. The van der Waals surface area contributed by atoms with Crippen molar-refractivity contribution < 1.29 is 14.3 Å². The summed E-state index contributed by atoms with van der Waals surface area (Å²) in [5.41, 5.74) is -0.304. The highest BCUT2D eigenvalue weighted by Gasteiger charge is 2.24. The van der Waals surface area contributed by atoms with E-state index >= 15 is 0 Å². The number of benzene rings is 1. The fourth-order valence-electron chi connectivity index (χ4n) is 2.34. The van der Waals surface area contributed by atoms with E-state index in [0.717, 1.165) is 0 Å². The molecule has 1 heterocycles. The Balaban J connectivity index is 2.35. The van der Waals surface area contributed by atoms with Crippen molar-refractivity contribution in [1.29, 1.82) is 0 Å². The Morgan fingerprint density at radius 1 is 1.26 bits per heavy atom. The van der Waals surface area contributed by atoms with E-state index in [1.165, 1.54) is 7.11 Å². The number of aromatic amines is 1. The van der Waals surface area contributed by atoms with Crippen LogP contribution in [0.3, 0.4) is 0 Å². The van der Waals surface area contributed by atoms with E-state index < -0.39 is 17.9 Å². The van der Waals surface area contributed by atoms with Gasteiger partial charge < -0.3 is 10.1 Å². The van der Waals surface area contributed by atoms with Gasteiger partial charge in [0.1, 0.15) is 6.04 Å². The van der Waals surface area contributed by atoms with Gasteiger partial charge in [0.25, 0.3) is 11.5 Å². The summed E-state index contributed by atoms with van der Waals surface area (Å²) in [7, 11) is 1.27. The highest BCUT2D eigenvalue weighted by Crippen LogP contribution is 2.13. The molecule has 2 rings (SSSR count). The molecule has 2 aromatic rings. The lowest BCUT2D eigenvalue weighted by molar-refractivity contribution is -0.143. The first-order valence-corrected chi connectivity index (χ1v) is 7.30. The van der Waals surface area contributed by atoms with Gasteiger partial charge >= 0.3 is 5.97 Å². The first-order chi connectivity index (χ1) is 10.9. The van der Waals surface area contributed by atoms with Gasteiger partial charge in [0.15, 0.2) is 5.69 Å². The van der Waals surface area contributed by atoms with E-state index in [0.29, 0.717) is 17.2 Å². The lowest BCUT2D eigenvalue weighted by Crippen LogP contribution is -2.43. The SMILES string of the molecule is COC(=O)[C@@H](CC(C)C)NC(=O)c1n[nH]c(=O)c2ccccc12. The summed E-state index contributed by atoms with van der Waals surface area (Å²) in [6, 6.07) is 5.90. The molecule has 7 heteroatoms. The fourth-order valence-corrected chi connectivity index (χ4v) is 2.34. The number of H-pyrrole nitrogens is 1. The number of aromatic nitrogens is 2. The Hall–Kier alpha value is -2.70. The van der Waals surface area contributed by atoms with Crippen LogP contribution in [0.2, 0.25) is 0 Å². The van der Waals surface area contributed by atoms with Gasteiger partial charge in [0.2, 0.25) is 0 Å². The molecule has 1 amide bonds. The third-order valence-electron chi connectivity index (χ3n) is 3.41. The number of carbonyl (C=O) groups is 2. The van der Waals surface area contributed by atoms with Crippen molar-refractivity contribution in [3.63, 3.8) is 0 Å². The van der Waals surface area contributed by atoms with Crippen LogP contribution < -0.4 is 10.9 Å². The molecule has 7 nitrogen and oxygen atoms in total. The number of fused-ring (bicyclic) bond motifs is 1. The zero-order chi connectivity index (χ0) is 17.0. The van der Waals surface area contributed by atoms with Gasteiger partial charge in [-0.2, -0.15) is 5.10 Å². The zero-order valence-corrected chi connectivity index (χ0v) is 13.3. The van der Waals surface area contributed by atoms with Gasteiger partial charge in [-0.25, -0.2) is 9.89 Å². The minimum absolute atomic E-state index is 0.0675. The van der Waals surface area contributed by atoms with Gasteiger partial charge in [-0.3, -0.25) is 9.59 Å². The lowest BCUT2D eigenvalue weighted by Gasteiger charge is -2.18. The second kappa shape index (κ2) is 7.04. The van der Waals surface area contributed by atoms with E-state index in [-0.39, 0.29) is 17.2 Å². The first kappa shape index (κ1) is 16.7. The number of nitrogens with zero attached hydrogens (tertiary/aromatic N) is 1. The average molecular weight is 317 g/mol. The van der Waals surface area contributed by atoms with Crippen molar-refractivity contribution in [3.8, 4) is 0 Å². The van der Waals surface area contributed by atoms with Crippen LogP contribution in [0.15, 0.2) is 29.1 Å². The standard InChI is InChI=1S/C16H19N3O4/c1-9(2)8-12(16(22)23-3)17-15(21)13-10-6-4-5-7-11(10)14(20)19-18-13/h4-7,9,12H,8H2,1-3H3,(H,17,21)(H,19,20)/t12-/m1/s1. The Morgan fingerprint density at radius 3 is 2.52 bits per heavy atom. The van der Waals surface area contributed by atoms with E-state index in [1.807, 2.05) is 13.8 Å². The van der Waals surface area contributed by atoms with E-state index in [4.69, 9.17) is 4.74 Å².